The van der Waals surface area contributed by atoms with E-state index in [0.29, 0.717) is 0 Å². The summed E-state index contributed by atoms with van der Waals surface area (Å²) in [6.45, 7) is 1.69. The third-order valence-electron chi connectivity index (χ3n) is 3.04. The van der Waals surface area contributed by atoms with Crippen molar-refractivity contribution in [3.05, 3.63) is 27.8 Å². The van der Waals surface area contributed by atoms with Crippen molar-refractivity contribution in [2.45, 2.75) is 12.8 Å². The summed E-state index contributed by atoms with van der Waals surface area (Å²) in [5.41, 5.74) is 1.20. The molecule has 1 aromatic carbocycles. The van der Waals surface area contributed by atoms with Crippen LogP contribution < -0.4 is 4.90 Å². The number of carbonyl (C=O) groups is 1. The van der Waals surface area contributed by atoms with Crippen LogP contribution in [0.2, 0.25) is 0 Å². The molecule has 0 unspecified atom stereocenters. The Hall–Kier alpha value is -0.780. The minimum Gasteiger partial charge on any atom is -0.481 e. The van der Waals surface area contributed by atoms with Crippen molar-refractivity contribution in [1.29, 1.82) is 0 Å². The normalized spacial score (nSPS) is 17.4. The molecule has 1 aliphatic rings. The number of carboxylic acids is 1. The van der Waals surface area contributed by atoms with Gasteiger partial charge in [-0.3, -0.25) is 4.79 Å². The van der Waals surface area contributed by atoms with E-state index < -0.39 is 5.97 Å². The summed E-state index contributed by atoms with van der Waals surface area (Å²) in [4.78, 5) is 13.1. The number of carboxylic acid groups (broad SMARTS) is 1. The molecule has 86 valence electrons. The number of halogens is 1. The maximum Gasteiger partial charge on any atom is 0.306 e. The van der Waals surface area contributed by atoms with Crippen LogP contribution in [-0.4, -0.2) is 24.2 Å². The number of piperidine rings is 1. The molecule has 3 nitrogen and oxygen atoms in total. The first-order valence-electron chi connectivity index (χ1n) is 5.40. The zero-order valence-electron chi connectivity index (χ0n) is 8.90. The van der Waals surface area contributed by atoms with Gasteiger partial charge < -0.3 is 10.0 Å². The Morgan fingerprint density at radius 2 is 1.81 bits per heavy atom. The molecule has 0 atom stereocenters. The molecule has 0 aliphatic carbocycles. The molecule has 1 N–H and O–H groups in total. The van der Waals surface area contributed by atoms with Gasteiger partial charge in [0.25, 0.3) is 0 Å². The molecule has 1 saturated heterocycles. The van der Waals surface area contributed by atoms with Crippen LogP contribution in [-0.2, 0) is 4.79 Å². The average molecular weight is 331 g/mol. The molecule has 0 aromatic heterocycles. The van der Waals surface area contributed by atoms with Crippen molar-refractivity contribution < 1.29 is 9.90 Å². The molecular weight excluding hydrogens is 317 g/mol. The van der Waals surface area contributed by atoms with Crippen LogP contribution in [0.5, 0.6) is 0 Å². The second-order valence-electron chi connectivity index (χ2n) is 4.08. The van der Waals surface area contributed by atoms with Gasteiger partial charge in [-0.1, -0.05) is 0 Å². The monoisotopic (exact) mass is 331 g/mol. The van der Waals surface area contributed by atoms with Gasteiger partial charge in [0.15, 0.2) is 0 Å². The first kappa shape index (κ1) is 11.7. The number of nitrogens with zero attached hydrogens (tertiary/aromatic N) is 1. The highest BCUT2D eigenvalue weighted by atomic mass is 127. The predicted octanol–water partition coefficient (Wildman–Crippen LogP) is 2.59. The molecule has 16 heavy (non-hydrogen) atoms. The molecule has 0 radical (unpaired) electrons. The van der Waals surface area contributed by atoms with E-state index in [0.717, 1.165) is 25.9 Å². The number of rotatable bonds is 2. The standard InChI is InChI=1S/C12H14INO2/c13-10-1-3-11(4-2-10)14-7-5-9(6-8-14)12(15)16/h1-4,9H,5-8H2,(H,15,16). The van der Waals surface area contributed by atoms with E-state index in [4.69, 9.17) is 5.11 Å². The molecule has 1 heterocycles. The van der Waals surface area contributed by atoms with E-state index >= 15 is 0 Å². The minimum absolute atomic E-state index is 0.153. The van der Waals surface area contributed by atoms with Gasteiger partial charge in [0, 0.05) is 22.3 Å². The smallest absolute Gasteiger partial charge is 0.306 e. The number of hydrogen-bond donors (Lipinski definition) is 1. The van der Waals surface area contributed by atoms with Gasteiger partial charge in [-0.2, -0.15) is 0 Å². The molecule has 1 aliphatic heterocycles. The fourth-order valence-corrected chi connectivity index (χ4v) is 2.40. The Labute approximate surface area is 109 Å². The first-order valence-corrected chi connectivity index (χ1v) is 6.48. The van der Waals surface area contributed by atoms with E-state index in [2.05, 4.69) is 51.8 Å². The highest BCUT2D eigenvalue weighted by Gasteiger charge is 2.24. The third-order valence-corrected chi connectivity index (χ3v) is 3.76. The lowest BCUT2D eigenvalue weighted by Gasteiger charge is -2.31. The Morgan fingerprint density at radius 1 is 1.25 bits per heavy atom. The van der Waals surface area contributed by atoms with Crippen molar-refractivity contribution in [1.82, 2.24) is 0 Å². The summed E-state index contributed by atoms with van der Waals surface area (Å²) in [6.07, 6.45) is 1.50. The second kappa shape index (κ2) is 5.03. The van der Waals surface area contributed by atoms with E-state index in [1.807, 2.05) is 0 Å². The van der Waals surface area contributed by atoms with E-state index in [1.165, 1.54) is 9.26 Å². The molecule has 1 aromatic rings. The number of anilines is 1. The summed E-state index contributed by atoms with van der Waals surface area (Å²) < 4.78 is 1.22. The molecule has 0 spiro atoms. The zero-order chi connectivity index (χ0) is 11.5. The Bertz CT molecular complexity index is 369. The highest BCUT2D eigenvalue weighted by molar-refractivity contribution is 14.1. The predicted molar refractivity (Wildman–Crippen MR) is 71.7 cm³/mol. The minimum atomic E-state index is -0.651. The first-order chi connectivity index (χ1) is 7.66. The zero-order valence-corrected chi connectivity index (χ0v) is 11.1. The lowest BCUT2D eigenvalue weighted by atomic mass is 9.97. The Morgan fingerprint density at radius 3 is 2.31 bits per heavy atom. The van der Waals surface area contributed by atoms with Crippen molar-refractivity contribution in [2.24, 2.45) is 5.92 Å². The highest BCUT2D eigenvalue weighted by Crippen LogP contribution is 2.23. The van der Waals surface area contributed by atoms with Crippen molar-refractivity contribution in [2.75, 3.05) is 18.0 Å². The molecule has 4 heteroatoms. The van der Waals surface area contributed by atoms with Gasteiger partial charge in [0.05, 0.1) is 5.92 Å². The lowest BCUT2D eigenvalue weighted by molar-refractivity contribution is -0.142. The quantitative estimate of drug-likeness (QED) is 0.847. The molecule has 2 rings (SSSR count). The van der Waals surface area contributed by atoms with Crippen LogP contribution in [0.15, 0.2) is 24.3 Å². The Kier molecular flexibility index (Phi) is 3.68. The summed E-state index contributed by atoms with van der Waals surface area (Å²) in [5.74, 6) is -0.803. The van der Waals surface area contributed by atoms with Gasteiger partial charge >= 0.3 is 5.97 Å². The van der Waals surface area contributed by atoms with Crippen LogP contribution in [0.4, 0.5) is 5.69 Å². The van der Waals surface area contributed by atoms with Crippen molar-refractivity contribution in [3.8, 4) is 0 Å². The van der Waals surface area contributed by atoms with Gasteiger partial charge in [-0.15, -0.1) is 0 Å². The third kappa shape index (κ3) is 2.66. The van der Waals surface area contributed by atoms with Crippen LogP contribution in [0, 0.1) is 9.49 Å². The number of aliphatic carboxylic acids is 1. The van der Waals surface area contributed by atoms with Gasteiger partial charge in [-0.25, -0.2) is 0 Å². The summed E-state index contributed by atoms with van der Waals surface area (Å²) >= 11 is 2.28. The maximum absolute atomic E-state index is 10.8. The number of hydrogen-bond acceptors (Lipinski definition) is 2. The van der Waals surface area contributed by atoms with Gasteiger partial charge in [-0.05, 0) is 59.7 Å². The molecule has 1 fully saturated rings. The summed E-state index contributed by atoms with van der Waals surface area (Å²) in [5, 5.41) is 8.91. The Balaban J connectivity index is 1.99. The topological polar surface area (TPSA) is 40.5 Å². The molecule has 0 saturated carbocycles. The second-order valence-corrected chi connectivity index (χ2v) is 5.32. The number of benzene rings is 1. The maximum atomic E-state index is 10.8. The molecular formula is C12H14INO2. The summed E-state index contributed by atoms with van der Waals surface area (Å²) in [6, 6.07) is 8.37. The fourth-order valence-electron chi connectivity index (χ4n) is 2.04. The van der Waals surface area contributed by atoms with Crippen molar-refractivity contribution >= 4 is 34.2 Å². The summed E-state index contributed by atoms with van der Waals surface area (Å²) in [7, 11) is 0. The van der Waals surface area contributed by atoms with Crippen LogP contribution in [0.25, 0.3) is 0 Å². The largest absolute Gasteiger partial charge is 0.481 e. The lowest BCUT2D eigenvalue weighted by Crippen LogP contribution is -2.36. The van der Waals surface area contributed by atoms with E-state index in [1.54, 1.807) is 0 Å². The molecule has 0 bridgehead atoms. The van der Waals surface area contributed by atoms with Crippen LogP contribution in [0.1, 0.15) is 12.8 Å². The van der Waals surface area contributed by atoms with Crippen LogP contribution >= 0.6 is 22.6 Å². The van der Waals surface area contributed by atoms with Crippen molar-refractivity contribution in [3.63, 3.8) is 0 Å². The van der Waals surface area contributed by atoms with Gasteiger partial charge in [0.1, 0.15) is 0 Å². The SMILES string of the molecule is O=C(O)C1CCN(c2ccc(I)cc2)CC1. The van der Waals surface area contributed by atoms with Crippen LogP contribution in [0.3, 0.4) is 0 Å². The average Bonchev–Trinajstić information content (AvgIpc) is 2.30. The van der Waals surface area contributed by atoms with Gasteiger partial charge in [0.2, 0.25) is 0 Å². The van der Waals surface area contributed by atoms with E-state index in [-0.39, 0.29) is 5.92 Å². The van der Waals surface area contributed by atoms with E-state index in [9.17, 15) is 4.79 Å². The molecule has 0 amide bonds. The fraction of sp³-hybridized carbons (Fsp3) is 0.417.